The van der Waals surface area contributed by atoms with Gasteiger partial charge in [0.2, 0.25) is 0 Å². The van der Waals surface area contributed by atoms with Crippen LogP contribution in [0.25, 0.3) is 5.69 Å². The largest absolute Gasteiger partial charge is 0.493 e. The fourth-order valence-electron chi connectivity index (χ4n) is 2.65. The Morgan fingerprint density at radius 2 is 2.07 bits per heavy atom. The van der Waals surface area contributed by atoms with Crippen LogP contribution in [0.3, 0.4) is 0 Å². The van der Waals surface area contributed by atoms with E-state index < -0.39 is 0 Å². The second-order valence-corrected chi connectivity index (χ2v) is 7.31. The van der Waals surface area contributed by atoms with Crippen LogP contribution < -0.4 is 14.8 Å². The highest BCUT2D eigenvalue weighted by molar-refractivity contribution is 6.32. The number of anilines is 1. The van der Waals surface area contributed by atoms with E-state index in [0.29, 0.717) is 40.3 Å². The molecule has 1 amide bonds. The van der Waals surface area contributed by atoms with Gasteiger partial charge in [-0.15, -0.1) is 5.10 Å². The number of nitrogens with one attached hydrogen (secondary N) is 1. The lowest BCUT2D eigenvalue weighted by Crippen LogP contribution is -2.13. The summed E-state index contributed by atoms with van der Waals surface area (Å²) >= 11 is 6.35. The third kappa shape index (κ3) is 4.83. The molecule has 0 saturated carbocycles. The summed E-state index contributed by atoms with van der Waals surface area (Å²) < 4.78 is 12.6. The molecule has 0 aliphatic rings. The molecular formula is C20H22ClN5O3. The van der Waals surface area contributed by atoms with E-state index in [0.717, 1.165) is 11.3 Å². The number of carbonyl (C=O) groups is 1. The maximum absolute atomic E-state index is 12.8. The summed E-state index contributed by atoms with van der Waals surface area (Å²) in [5.41, 5.74) is 2.68. The normalized spacial score (nSPS) is 10.8. The number of carbonyl (C=O) groups excluding carboxylic acids is 1. The number of hydrogen-bond acceptors (Lipinski definition) is 6. The monoisotopic (exact) mass is 415 g/mol. The number of benzene rings is 2. The number of amides is 1. The molecule has 0 saturated heterocycles. The van der Waals surface area contributed by atoms with Gasteiger partial charge in [-0.25, -0.2) is 4.68 Å². The van der Waals surface area contributed by atoms with Gasteiger partial charge in [0.25, 0.3) is 5.91 Å². The van der Waals surface area contributed by atoms with Crippen molar-refractivity contribution < 1.29 is 14.3 Å². The molecule has 0 bridgehead atoms. The van der Waals surface area contributed by atoms with Crippen LogP contribution in [0, 0.1) is 12.8 Å². The minimum absolute atomic E-state index is 0.313. The van der Waals surface area contributed by atoms with Crippen molar-refractivity contribution in [1.82, 2.24) is 20.2 Å². The molecule has 0 aliphatic carbocycles. The number of aromatic nitrogens is 4. The predicted molar refractivity (Wildman–Crippen MR) is 110 cm³/mol. The predicted octanol–water partition coefficient (Wildman–Crippen LogP) is 3.92. The Labute approximate surface area is 173 Å². The quantitative estimate of drug-likeness (QED) is 0.628. The molecule has 9 heteroatoms. The van der Waals surface area contributed by atoms with Crippen molar-refractivity contribution in [2.24, 2.45) is 5.92 Å². The molecule has 1 N–H and O–H groups in total. The molecule has 3 rings (SSSR count). The first-order valence-electron chi connectivity index (χ1n) is 9.04. The molecule has 2 aromatic carbocycles. The number of nitrogens with zero attached hydrogens (tertiary/aromatic N) is 4. The van der Waals surface area contributed by atoms with Crippen molar-refractivity contribution in [3.8, 4) is 17.2 Å². The van der Waals surface area contributed by atoms with Crippen LogP contribution in [-0.2, 0) is 0 Å². The summed E-state index contributed by atoms with van der Waals surface area (Å²) in [5.74, 6) is 0.833. The van der Waals surface area contributed by atoms with Gasteiger partial charge in [-0.05, 0) is 53.1 Å². The molecule has 1 aromatic heterocycles. The third-order valence-corrected chi connectivity index (χ3v) is 4.40. The molecule has 8 nitrogen and oxygen atoms in total. The van der Waals surface area contributed by atoms with Gasteiger partial charge in [0.1, 0.15) is 6.33 Å². The fourth-order valence-corrected chi connectivity index (χ4v) is 2.92. The van der Waals surface area contributed by atoms with Gasteiger partial charge in [-0.3, -0.25) is 4.79 Å². The van der Waals surface area contributed by atoms with Gasteiger partial charge in [0, 0.05) is 11.3 Å². The second kappa shape index (κ2) is 8.91. The van der Waals surface area contributed by atoms with Gasteiger partial charge in [-0.1, -0.05) is 31.5 Å². The summed E-state index contributed by atoms with van der Waals surface area (Å²) in [4.78, 5) is 12.8. The Hall–Kier alpha value is -3.13. The Morgan fingerprint density at radius 1 is 1.28 bits per heavy atom. The standard InChI is InChI=1S/C20H22ClN5O3/c1-12(2)10-29-19-16(21)7-14(8-18(19)28-4)20(27)23-15-6-5-13(3)17(9-15)26-11-22-24-25-26/h5-9,11-12H,10H2,1-4H3,(H,23,27). The average molecular weight is 416 g/mol. The topological polar surface area (TPSA) is 91.2 Å². The minimum Gasteiger partial charge on any atom is -0.493 e. The summed E-state index contributed by atoms with van der Waals surface area (Å²) in [7, 11) is 1.51. The molecule has 0 radical (unpaired) electrons. The Balaban J connectivity index is 1.84. The zero-order valence-corrected chi connectivity index (χ0v) is 17.4. The molecule has 0 unspecified atom stereocenters. The van der Waals surface area contributed by atoms with Crippen LogP contribution in [0.15, 0.2) is 36.7 Å². The zero-order valence-electron chi connectivity index (χ0n) is 16.6. The van der Waals surface area contributed by atoms with E-state index >= 15 is 0 Å². The van der Waals surface area contributed by atoms with E-state index in [-0.39, 0.29) is 5.91 Å². The molecular weight excluding hydrogens is 394 g/mol. The summed E-state index contributed by atoms with van der Waals surface area (Å²) in [6, 6.07) is 8.64. The van der Waals surface area contributed by atoms with Crippen molar-refractivity contribution in [3.05, 3.63) is 52.8 Å². The number of tetrazole rings is 1. The molecule has 0 spiro atoms. The van der Waals surface area contributed by atoms with Crippen LogP contribution >= 0.6 is 11.6 Å². The second-order valence-electron chi connectivity index (χ2n) is 6.90. The number of rotatable bonds is 7. The highest BCUT2D eigenvalue weighted by Gasteiger charge is 2.17. The number of ether oxygens (including phenoxy) is 2. The Kier molecular flexibility index (Phi) is 6.33. The van der Waals surface area contributed by atoms with Gasteiger partial charge < -0.3 is 14.8 Å². The van der Waals surface area contributed by atoms with Crippen LogP contribution in [0.1, 0.15) is 29.8 Å². The van der Waals surface area contributed by atoms with Crippen LogP contribution in [0.4, 0.5) is 5.69 Å². The van der Waals surface area contributed by atoms with E-state index in [2.05, 4.69) is 20.8 Å². The summed E-state index contributed by atoms with van der Waals surface area (Å²) in [5, 5.41) is 14.4. The lowest BCUT2D eigenvalue weighted by Gasteiger charge is -2.15. The summed E-state index contributed by atoms with van der Waals surface area (Å²) in [6.07, 6.45) is 1.49. The van der Waals surface area contributed by atoms with Gasteiger partial charge in [0.15, 0.2) is 11.5 Å². The van der Waals surface area contributed by atoms with E-state index in [1.54, 1.807) is 24.3 Å². The van der Waals surface area contributed by atoms with E-state index in [9.17, 15) is 4.79 Å². The van der Waals surface area contributed by atoms with Crippen LogP contribution in [0.5, 0.6) is 11.5 Å². The molecule has 0 aliphatic heterocycles. The van der Waals surface area contributed by atoms with Gasteiger partial charge in [-0.2, -0.15) is 0 Å². The molecule has 29 heavy (non-hydrogen) atoms. The fraction of sp³-hybridized carbons (Fsp3) is 0.300. The first kappa shape index (κ1) is 20.6. The van der Waals surface area contributed by atoms with Crippen molar-refractivity contribution >= 4 is 23.2 Å². The number of methoxy groups -OCH3 is 1. The lowest BCUT2D eigenvalue weighted by molar-refractivity contribution is 0.102. The van der Waals surface area contributed by atoms with E-state index in [1.807, 2.05) is 26.8 Å². The lowest BCUT2D eigenvalue weighted by atomic mass is 10.1. The Morgan fingerprint density at radius 3 is 2.72 bits per heavy atom. The zero-order chi connectivity index (χ0) is 21.0. The maximum Gasteiger partial charge on any atom is 0.255 e. The average Bonchev–Trinajstić information content (AvgIpc) is 3.22. The van der Waals surface area contributed by atoms with Crippen LogP contribution in [-0.4, -0.2) is 39.8 Å². The highest BCUT2D eigenvalue weighted by atomic mass is 35.5. The van der Waals surface area contributed by atoms with Crippen molar-refractivity contribution in [2.45, 2.75) is 20.8 Å². The number of halogens is 1. The molecule has 0 fully saturated rings. The van der Waals surface area contributed by atoms with Crippen molar-refractivity contribution in [3.63, 3.8) is 0 Å². The SMILES string of the molecule is COc1cc(C(=O)Nc2ccc(C)c(-n3cnnn3)c2)cc(Cl)c1OCC(C)C. The highest BCUT2D eigenvalue weighted by Crippen LogP contribution is 2.37. The van der Waals surface area contributed by atoms with Crippen LogP contribution in [0.2, 0.25) is 5.02 Å². The summed E-state index contributed by atoms with van der Waals surface area (Å²) in [6.45, 7) is 6.49. The smallest absolute Gasteiger partial charge is 0.255 e. The van der Waals surface area contributed by atoms with Gasteiger partial charge >= 0.3 is 0 Å². The molecule has 1 heterocycles. The molecule has 0 atom stereocenters. The van der Waals surface area contributed by atoms with Crippen molar-refractivity contribution in [2.75, 3.05) is 19.0 Å². The minimum atomic E-state index is -0.327. The van der Waals surface area contributed by atoms with Crippen molar-refractivity contribution in [1.29, 1.82) is 0 Å². The Bertz CT molecular complexity index is 1010. The first-order chi connectivity index (χ1) is 13.9. The first-order valence-corrected chi connectivity index (χ1v) is 9.42. The van der Waals surface area contributed by atoms with E-state index in [1.165, 1.54) is 18.1 Å². The number of hydrogen-bond donors (Lipinski definition) is 1. The maximum atomic E-state index is 12.8. The van der Waals surface area contributed by atoms with Gasteiger partial charge in [0.05, 0.1) is 24.4 Å². The van der Waals surface area contributed by atoms with E-state index in [4.69, 9.17) is 21.1 Å². The third-order valence-electron chi connectivity index (χ3n) is 4.12. The molecule has 152 valence electrons. The molecule has 3 aromatic rings. The number of aryl methyl sites for hydroxylation is 1.